The third kappa shape index (κ3) is 2.81. The molecule has 4 aliphatic rings. The summed E-state index contributed by atoms with van der Waals surface area (Å²) in [5, 5.41) is 10.7. The van der Waals surface area contributed by atoms with Crippen LogP contribution in [0.2, 0.25) is 0 Å². The van der Waals surface area contributed by atoms with Crippen molar-refractivity contribution < 1.29 is 5.11 Å². The van der Waals surface area contributed by atoms with Crippen LogP contribution >= 0.6 is 0 Å². The number of aliphatic hydroxyl groups excluding tert-OH is 1. The van der Waals surface area contributed by atoms with Crippen molar-refractivity contribution in [1.29, 1.82) is 0 Å². The van der Waals surface area contributed by atoms with Crippen LogP contribution in [0.25, 0.3) is 0 Å². The Morgan fingerprint density at radius 1 is 1.07 bits per heavy atom. The van der Waals surface area contributed by atoms with Crippen molar-refractivity contribution in [3.8, 4) is 0 Å². The molecule has 1 fully saturated rings. The highest BCUT2D eigenvalue weighted by atomic mass is 16.3. The van der Waals surface area contributed by atoms with Crippen LogP contribution in [0.5, 0.6) is 0 Å². The summed E-state index contributed by atoms with van der Waals surface area (Å²) in [5.41, 5.74) is 5.98. The molecule has 0 aromatic rings. The summed E-state index contributed by atoms with van der Waals surface area (Å²) in [6.07, 6.45) is 11.0. The predicted octanol–water partition coefficient (Wildman–Crippen LogP) is 5.82. The molecule has 0 saturated heterocycles. The molecule has 0 aromatic heterocycles. The van der Waals surface area contributed by atoms with Crippen LogP contribution in [0.4, 0.5) is 0 Å². The van der Waals surface area contributed by atoms with Gasteiger partial charge in [0.05, 0.1) is 6.10 Å². The van der Waals surface area contributed by atoms with E-state index in [2.05, 4.69) is 59.7 Å². The Morgan fingerprint density at radius 3 is 2.46 bits per heavy atom. The average Bonchev–Trinajstić information content (AvgIpc) is 2.95. The van der Waals surface area contributed by atoms with Crippen molar-refractivity contribution in [2.24, 2.45) is 34.0 Å². The molecule has 2 nitrogen and oxygen atoms in total. The molecular weight excluding hydrogens is 342 g/mol. The van der Waals surface area contributed by atoms with Crippen LogP contribution in [0, 0.1) is 34.0 Å². The first kappa shape index (κ1) is 20.7. The second-order valence-electron chi connectivity index (χ2n) is 12.0. The smallest absolute Gasteiger partial charge is 0.0594 e. The summed E-state index contributed by atoms with van der Waals surface area (Å²) in [7, 11) is 4.43. The molecule has 158 valence electrons. The predicted molar refractivity (Wildman–Crippen MR) is 118 cm³/mol. The van der Waals surface area contributed by atoms with Crippen LogP contribution < -0.4 is 0 Å². The highest BCUT2D eigenvalue weighted by molar-refractivity contribution is 5.49. The van der Waals surface area contributed by atoms with E-state index in [1.807, 2.05) is 0 Å². The fraction of sp³-hybridized carbons (Fsp3) is 0.846. The Labute approximate surface area is 173 Å². The number of nitrogens with zero attached hydrogens (tertiary/aromatic N) is 1. The molecule has 0 aliphatic heterocycles. The van der Waals surface area contributed by atoms with Gasteiger partial charge in [0.1, 0.15) is 0 Å². The van der Waals surface area contributed by atoms with E-state index in [1.165, 1.54) is 45.1 Å². The SMILES string of the molecule is CC(CN(C)C)C1CC=C2C3=C(CCC21C)C1(C)CCC(O)C(C)(C)C1CC3. The minimum atomic E-state index is -0.136. The van der Waals surface area contributed by atoms with Crippen LogP contribution in [-0.2, 0) is 0 Å². The quantitative estimate of drug-likeness (QED) is 0.661. The molecule has 6 unspecified atom stereocenters. The van der Waals surface area contributed by atoms with E-state index in [0.717, 1.165) is 18.3 Å². The summed E-state index contributed by atoms with van der Waals surface area (Å²) in [6.45, 7) is 13.4. The van der Waals surface area contributed by atoms with Gasteiger partial charge in [0.25, 0.3) is 0 Å². The molecule has 0 amide bonds. The van der Waals surface area contributed by atoms with Gasteiger partial charge in [0.15, 0.2) is 0 Å². The van der Waals surface area contributed by atoms with E-state index >= 15 is 0 Å². The van der Waals surface area contributed by atoms with Crippen LogP contribution in [0.1, 0.15) is 79.6 Å². The monoisotopic (exact) mass is 385 g/mol. The molecule has 0 heterocycles. The van der Waals surface area contributed by atoms with Gasteiger partial charge >= 0.3 is 0 Å². The van der Waals surface area contributed by atoms with E-state index in [0.29, 0.717) is 16.7 Å². The Hall–Kier alpha value is -0.600. The van der Waals surface area contributed by atoms with Crippen molar-refractivity contribution in [1.82, 2.24) is 4.90 Å². The second-order valence-corrected chi connectivity index (χ2v) is 12.0. The molecule has 4 rings (SSSR count). The van der Waals surface area contributed by atoms with Crippen molar-refractivity contribution in [2.75, 3.05) is 20.6 Å². The summed E-state index contributed by atoms with van der Waals surface area (Å²) in [5.74, 6) is 2.15. The Balaban J connectivity index is 1.68. The van der Waals surface area contributed by atoms with E-state index in [9.17, 15) is 5.11 Å². The van der Waals surface area contributed by atoms with Crippen LogP contribution in [0.15, 0.2) is 22.8 Å². The first-order valence-electron chi connectivity index (χ1n) is 11.8. The lowest BCUT2D eigenvalue weighted by molar-refractivity contribution is -0.0905. The number of aliphatic hydroxyl groups is 1. The zero-order chi connectivity index (χ0) is 20.5. The van der Waals surface area contributed by atoms with Gasteiger partial charge in [-0.1, -0.05) is 46.3 Å². The molecule has 4 aliphatic carbocycles. The van der Waals surface area contributed by atoms with Gasteiger partial charge in [0.2, 0.25) is 0 Å². The fourth-order valence-corrected chi connectivity index (χ4v) is 8.28. The third-order valence-corrected chi connectivity index (χ3v) is 9.77. The number of hydrogen-bond acceptors (Lipinski definition) is 2. The maximum absolute atomic E-state index is 10.7. The standard InChI is InChI=1S/C26H43NO/c1-17(16-27(6)7)19-9-10-20-18-8-11-22-24(2,3)23(28)13-15-26(22,5)21(18)12-14-25(19,20)4/h10,17,19,22-23,28H,8-9,11-16H2,1-7H3. The maximum Gasteiger partial charge on any atom is 0.0594 e. The zero-order valence-corrected chi connectivity index (χ0v) is 19.4. The molecule has 0 aromatic carbocycles. The van der Waals surface area contributed by atoms with Gasteiger partial charge in [-0.3, -0.25) is 0 Å². The first-order valence-corrected chi connectivity index (χ1v) is 11.8. The summed E-state index contributed by atoms with van der Waals surface area (Å²) in [4.78, 5) is 2.36. The first-order chi connectivity index (χ1) is 13.0. The average molecular weight is 386 g/mol. The van der Waals surface area contributed by atoms with Gasteiger partial charge in [-0.2, -0.15) is 0 Å². The van der Waals surface area contributed by atoms with Crippen molar-refractivity contribution in [3.05, 3.63) is 22.8 Å². The van der Waals surface area contributed by atoms with E-state index < -0.39 is 0 Å². The summed E-state index contributed by atoms with van der Waals surface area (Å²) < 4.78 is 0. The largest absolute Gasteiger partial charge is 0.393 e. The van der Waals surface area contributed by atoms with Gasteiger partial charge in [0, 0.05) is 6.54 Å². The highest BCUT2D eigenvalue weighted by Gasteiger charge is 2.57. The number of rotatable bonds is 3. The van der Waals surface area contributed by atoms with E-state index in [1.54, 1.807) is 16.7 Å². The van der Waals surface area contributed by atoms with Gasteiger partial charge < -0.3 is 10.0 Å². The molecule has 6 atom stereocenters. The van der Waals surface area contributed by atoms with E-state index in [4.69, 9.17) is 0 Å². The minimum absolute atomic E-state index is 0.0408. The number of allylic oxidation sites excluding steroid dienone is 4. The summed E-state index contributed by atoms with van der Waals surface area (Å²) in [6, 6.07) is 0. The Morgan fingerprint density at radius 2 is 1.79 bits per heavy atom. The third-order valence-electron chi connectivity index (χ3n) is 9.77. The van der Waals surface area contributed by atoms with Crippen molar-refractivity contribution in [2.45, 2.75) is 85.7 Å². The highest BCUT2D eigenvalue weighted by Crippen LogP contribution is 2.66. The lowest BCUT2D eigenvalue weighted by atomic mass is 9.46. The molecule has 2 heteroatoms. The summed E-state index contributed by atoms with van der Waals surface area (Å²) >= 11 is 0. The molecule has 0 bridgehead atoms. The van der Waals surface area contributed by atoms with Crippen molar-refractivity contribution in [3.63, 3.8) is 0 Å². The Bertz CT molecular complexity index is 701. The fourth-order valence-electron chi connectivity index (χ4n) is 8.28. The number of fused-ring (bicyclic) bond motifs is 4. The van der Waals surface area contributed by atoms with E-state index in [-0.39, 0.29) is 11.5 Å². The lowest BCUT2D eigenvalue weighted by Crippen LogP contribution is -2.53. The topological polar surface area (TPSA) is 23.5 Å². The minimum Gasteiger partial charge on any atom is -0.393 e. The molecule has 28 heavy (non-hydrogen) atoms. The number of hydrogen-bond donors (Lipinski definition) is 1. The van der Waals surface area contributed by atoms with Crippen molar-refractivity contribution >= 4 is 0 Å². The molecule has 1 saturated carbocycles. The molecular formula is C26H43NO. The maximum atomic E-state index is 10.7. The van der Waals surface area contributed by atoms with Crippen LogP contribution in [0.3, 0.4) is 0 Å². The lowest BCUT2D eigenvalue weighted by Gasteiger charge is -2.59. The molecule has 1 N–H and O–H groups in total. The molecule has 0 radical (unpaired) electrons. The second kappa shape index (κ2) is 6.71. The van der Waals surface area contributed by atoms with Crippen LogP contribution in [-0.4, -0.2) is 36.8 Å². The van der Waals surface area contributed by atoms with Gasteiger partial charge in [-0.15, -0.1) is 0 Å². The zero-order valence-electron chi connectivity index (χ0n) is 19.4. The Kier molecular flexibility index (Phi) is 4.95. The van der Waals surface area contributed by atoms with Gasteiger partial charge in [-0.25, -0.2) is 0 Å². The normalized spacial score (nSPS) is 43.3. The molecule has 0 spiro atoms. The van der Waals surface area contributed by atoms with Gasteiger partial charge in [-0.05, 0) is 104 Å².